The van der Waals surface area contributed by atoms with Gasteiger partial charge in [-0.2, -0.15) is 0 Å². The van der Waals surface area contributed by atoms with Crippen molar-refractivity contribution < 1.29 is 18.6 Å². The van der Waals surface area contributed by atoms with Crippen LogP contribution in [0.25, 0.3) is 0 Å². The molecule has 1 unspecified atom stereocenters. The monoisotopic (exact) mass is 543 g/mol. The van der Waals surface area contributed by atoms with Crippen molar-refractivity contribution in [2.45, 2.75) is 19.4 Å². The molecule has 2 N–H and O–H groups in total. The summed E-state index contributed by atoms with van der Waals surface area (Å²) in [6, 6.07) is 8.72. The van der Waals surface area contributed by atoms with Gasteiger partial charge in [-0.05, 0) is 37.6 Å². The molecule has 31 heavy (non-hydrogen) atoms. The van der Waals surface area contributed by atoms with E-state index >= 15 is 0 Å². The Morgan fingerprint density at radius 1 is 1.32 bits per heavy atom. The Bertz CT molecular complexity index is 901. The van der Waals surface area contributed by atoms with Gasteiger partial charge in [-0.1, -0.05) is 0 Å². The summed E-state index contributed by atoms with van der Waals surface area (Å²) in [5.74, 6) is 2.98. The highest BCUT2D eigenvalue weighted by Crippen LogP contribution is 2.35. The Morgan fingerprint density at radius 2 is 2.19 bits per heavy atom. The topological polar surface area (TPSA) is 80.2 Å². The van der Waals surface area contributed by atoms with Gasteiger partial charge in [-0.25, -0.2) is 14.4 Å². The normalized spacial score (nSPS) is 17.3. The standard InChI is InChI=1S/C21H26FN5O3.HI/c1-2-23-21(25-9-11-28-16-5-6-18-19(12-16)30-14-29-18)26-15-7-10-27(13-15)20-17(22)4-3-8-24-20;/h3-6,8,12,15H,2,7,9-11,13-14H2,1H3,(H2,23,25,26);1H. The van der Waals surface area contributed by atoms with E-state index < -0.39 is 0 Å². The zero-order chi connectivity index (χ0) is 20.8. The van der Waals surface area contributed by atoms with Crippen molar-refractivity contribution >= 4 is 35.8 Å². The molecule has 1 aromatic heterocycles. The first-order chi connectivity index (χ1) is 14.7. The Kier molecular flexibility index (Phi) is 8.38. The zero-order valence-corrected chi connectivity index (χ0v) is 19.7. The van der Waals surface area contributed by atoms with E-state index in [1.165, 1.54) is 6.07 Å². The van der Waals surface area contributed by atoms with E-state index in [1.807, 2.05) is 30.0 Å². The van der Waals surface area contributed by atoms with Crippen LogP contribution in [0.15, 0.2) is 41.5 Å². The molecule has 1 aromatic carbocycles. The number of nitrogens with one attached hydrogen (secondary N) is 2. The summed E-state index contributed by atoms with van der Waals surface area (Å²) < 4.78 is 30.4. The Balaban J connectivity index is 0.00000272. The summed E-state index contributed by atoms with van der Waals surface area (Å²) in [6.07, 6.45) is 2.50. The van der Waals surface area contributed by atoms with Crippen LogP contribution in [-0.2, 0) is 0 Å². The summed E-state index contributed by atoms with van der Waals surface area (Å²) in [5.41, 5.74) is 0. The van der Waals surface area contributed by atoms with Gasteiger partial charge < -0.3 is 29.7 Å². The molecule has 0 saturated carbocycles. The molecule has 0 bridgehead atoms. The molecule has 0 spiro atoms. The summed E-state index contributed by atoms with van der Waals surface area (Å²) in [6.45, 7) is 5.36. The number of fused-ring (bicyclic) bond motifs is 1. The molecule has 3 heterocycles. The quantitative estimate of drug-likeness (QED) is 0.241. The molecule has 168 valence electrons. The van der Waals surface area contributed by atoms with Crippen LogP contribution < -0.4 is 29.7 Å². The van der Waals surface area contributed by atoms with Gasteiger partial charge in [0, 0.05) is 37.9 Å². The second-order valence-corrected chi connectivity index (χ2v) is 7.01. The molecule has 2 aliphatic heterocycles. The number of aliphatic imine (C=N–C) groups is 1. The Hall–Kier alpha value is -2.50. The number of guanidine groups is 1. The molecule has 0 radical (unpaired) electrons. The molecule has 2 aliphatic rings. The third-order valence-corrected chi connectivity index (χ3v) is 4.89. The van der Waals surface area contributed by atoms with Crippen LogP contribution in [0.3, 0.4) is 0 Å². The van der Waals surface area contributed by atoms with Crippen molar-refractivity contribution in [1.29, 1.82) is 0 Å². The lowest BCUT2D eigenvalue weighted by Gasteiger charge is -2.20. The van der Waals surface area contributed by atoms with E-state index in [-0.39, 0.29) is 42.6 Å². The van der Waals surface area contributed by atoms with E-state index in [0.29, 0.717) is 31.3 Å². The number of rotatable bonds is 7. The SMILES string of the molecule is CCNC(=NCCOc1ccc2c(c1)OCO2)NC1CCN(c2ncccc2F)C1.I. The molecular weight excluding hydrogens is 516 g/mol. The highest BCUT2D eigenvalue weighted by Gasteiger charge is 2.25. The van der Waals surface area contributed by atoms with Gasteiger partial charge >= 0.3 is 0 Å². The average Bonchev–Trinajstić information content (AvgIpc) is 3.40. The molecule has 0 aliphatic carbocycles. The lowest BCUT2D eigenvalue weighted by molar-refractivity contribution is 0.173. The Morgan fingerprint density at radius 3 is 3.03 bits per heavy atom. The lowest BCUT2D eigenvalue weighted by atomic mass is 10.3. The number of ether oxygens (including phenoxy) is 3. The highest BCUT2D eigenvalue weighted by atomic mass is 127. The summed E-state index contributed by atoms with van der Waals surface area (Å²) in [5, 5.41) is 6.67. The minimum absolute atomic E-state index is 0. The number of halogens is 2. The molecule has 1 atom stereocenters. The van der Waals surface area contributed by atoms with Crippen molar-refractivity contribution in [1.82, 2.24) is 15.6 Å². The van der Waals surface area contributed by atoms with Gasteiger partial charge in [0.1, 0.15) is 12.4 Å². The first kappa shape index (κ1) is 23.2. The fraction of sp³-hybridized carbons (Fsp3) is 0.429. The van der Waals surface area contributed by atoms with Crippen molar-refractivity contribution in [3.63, 3.8) is 0 Å². The molecule has 1 saturated heterocycles. The lowest BCUT2D eigenvalue weighted by Crippen LogP contribution is -2.45. The maximum Gasteiger partial charge on any atom is 0.231 e. The van der Waals surface area contributed by atoms with Gasteiger partial charge in [0.15, 0.2) is 29.1 Å². The number of anilines is 1. The van der Waals surface area contributed by atoms with Crippen LogP contribution in [0.1, 0.15) is 13.3 Å². The van der Waals surface area contributed by atoms with Gasteiger partial charge in [0.2, 0.25) is 6.79 Å². The highest BCUT2D eigenvalue weighted by molar-refractivity contribution is 14.0. The predicted molar refractivity (Wildman–Crippen MR) is 127 cm³/mol. The number of pyridine rings is 1. The van der Waals surface area contributed by atoms with Gasteiger partial charge in [0.25, 0.3) is 0 Å². The van der Waals surface area contributed by atoms with Crippen LogP contribution in [0.4, 0.5) is 10.2 Å². The number of nitrogens with zero attached hydrogens (tertiary/aromatic N) is 3. The van der Waals surface area contributed by atoms with E-state index in [9.17, 15) is 4.39 Å². The predicted octanol–water partition coefficient (Wildman–Crippen LogP) is 2.78. The van der Waals surface area contributed by atoms with E-state index in [4.69, 9.17) is 14.2 Å². The second-order valence-electron chi connectivity index (χ2n) is 7.01. The second kappa shape index (κ2) is 11.2. The summed E-state index contributed by atoms with van der Waals surface area (Å²) in [7, 11) is 0. The van der Waals surface area contributed by atoms with Crippen molar-refractivity contribution in [3.05, 3.63) is 42.3 Å². The molecule has 1 fully saturated rings. The third kappa shape index (κ3) is 6.02. The van der Waals surface area contributed by atoms with Gasteiger partial charge in [-0.3, -0.25) is 0 Å². The van der Waals surface area contributed by atoms with Gasteiger partial charge in [0.05, 0.1) is 6.54 Å². The summed E-state index contributed by atoms with van der Waals surface area (Å²) >= 11 is 0. The van der Waals surface area contributed by atoms with E-state index in [1.54, 1.807) is 12.3 Å². The van der Waals surface area contributed by atoms with Crippen LogP contribution in [0, 0.1) is 5.82 Å². The Labute approximate surface area is 198 Å². The van der Waals surface area contributed by atoms with Gasteiger partial charge in [-0.15, -0.1) is 24.0 Å². The first-order valence-electron chi connectivity index (χ1n) is 10.2. The third-order valence-electron chi connectivity index (χ3n) is 4.89. The number of hydrogen-bond acceptors (Lipinski definition) is 6. The number of hydrogen-bond donors (Lipinski definition) is 2. The maximum absolute atomic E-state index is 14.0. The van der Waals surface area contributed by atoms with Crippen LogP contribution >= 0.6 is 24.0 Å². The molecule has 10 heteroatoms. The molecule has 2 aromatic rings. The molecule has 4 rings (SSSR count). The van der Waals surface area contributed by atoms with E-state index in [0.717, 1.165) is 37.0 Å². The number of aromatic nitrogens is 1. The smallest absolute Gasteiger partial charge is 0.231 e. The van der Waals surface area contributed by atoms with E-state index in [2.05, 4.69) is 20.6 Å². The fourth-order valence-corrected chi connectivity index (χ4v) is 3.48. The largest absolute Gasteiger partial charge is 0.492 e. The molecule has 8 nitrogen and oxygen atoms in total. The van der Waals surface area contributed by atoms with Crippen LogP contribution in [0.5, 0.6) is 17.2 Å². The fourth-order valence-electron chi connectivity index (χ4n) is 3.48. The zero-order valence-electron chi connectivity index (χ0n) is 17.3. The minimum Gasteiger partial charge on any atom is -0.492 e. The van der Waals surface area contributed by atoms with Crippen molar-refractivity contribution in [2.24, 2.45) is 4.99 Å². The molecule has 0 amide bonds. The number of benzene rings is 1. The van der Waals surface area contributed by atoms with Crippen LogP contribution in [-0.4, -0.2) is 56.6 Å². The van der Waals surface area contributed by atoms with Crippen molar-refractivity contribution in [3.8, 4) is 17.2 Å². The van der Waals surface area contributed by atoms with Crippen LogP contribution in [0.2, 0.25) is 0 Å². The molecular formula is C21H27FIN5O3. The maximum atomic E-state index is 14.0. The average molecular weight is 543 g/mol. The first-order valence-corrected chi connectivity index (χ1v) is 10.2. The summed E-state index contributed by atoms with van der Waals surface area (Å²) in [4.78, 5) is 10.7. The minimum atomic E-state index is -0.292. The van der Waals surface area contributed by atoms with Crippen molar-refractivity contribution in [2.75, 3.05) is 44.5 Å².